The maximum Gasteiger partial charge on any atom is 0.416 e. The Labute approximate surface area is 185 Å². The first-order chi connectivity index (χ1) is 15.3. The van der Waals surface area contributed by atoms with Gasteiger partial charge in [0.05, 0.1) is 17.7 Å². The molecule has 0 aliphatic rings. The van der Waals surface area contributed by atoms with Gasteiger partial charge in [0.1, 0.15) is 5.82 Å². The molecule has 170 valence electrons. The van der Waals surface area contributed by atoms with Gasteiger partial charge in [-0.15, -0.1) is 0 Å². The van der Waals surface area contributed by atoms with Crippen LogP contribution >= 0.6 is 0 Å². The number of unbranched alkanes of at least 4 members (excludes halogenated alkanes) is 2. The van der Waals surface area contributed by atoms with Gasteiger partial charge in [-0.05, 0) is 48.4 Å². The first-order valence-corrected chi connectivity index (χ1v) is 10.6. The maximum atomic E-state index is 14.2. The lowest BCUT2D eigenvalue weighted by molar-refractivity contribution is -0.137. The number of hydrogen-bond donors (Lipinski definition) is 0. The molecule has 0 N–H and O–H groups in total. The van der Waals surface area contributed by atoms with Crippen LogP contribution in [0.3, 0.4) is 0 Å². The van der Waals surface area contributed by atoms with Gasteiger partial charge < -0.3 is 9.47 Å². The highest BCUT2D eigenvalue weighted by atomic mass is 19.4. The van der Waals surface area contributed by atoms with Crippen molar-refractivity contribution < 1.29 is 22.4 Å². The largest absolute Gasteiger partial charge is 0.416 e. The third-order valence-electron chi connectivity index (χ3n) is 5.31. The summed E-state index contributed by atoms with van der Waals surface area (Å²) in [7, 11) is 0. The van der Waals surface area contributed by atoms with Gasteiger partial charge in [-0.25, -0.2) is 4.39 Å². The van der Waals surface area contributed by atoms with Gasteiger partial charge in [0.25, 0.3) is 5.91 Å². The fraction of sp³-hybridized carbons (Fsp3) is 0.320. The monoisotopic (exact) mass is 446 g/mol. The number of hydrogen-bond acceptors (Lipinski definition) is 1. The molecule has 2 aromatic carbocycles. The Bertz CT molecular complexity index is 1040. The zero-order valence-corrected chi connectivity index (χ0v) is 17.9. The summed E-state index contributed by atoms with van der Waals surface area (Å²) in [6, 6.07) is 14.7. The van der Waals surface area contributed by atoms with Gasteiger partial charge in [0, 0.05) is 25.0 Å². The van der Waals surface area contributed by atoms with E-state index in [1.54, 1.807) is 29.3 Å². The Morgan fingerprint density at radius 3 is 2.50 bits per heavy atom. The summed E-state index contributed by atoms with van der Waals surface area (Å²) in [6.07, 6.45) is 0.0656. The zero-order valence-electron chi connectivity index (χ0n) is 17.9. The van der Waals surface area contributed by atoms with Crippen molar-refractivity contribution in [2.75, 3.05) is 6.54 Å². The van der Waals surface area contributed by atoms with Gasteiger partial charge in [-0.3, -0.25) is 4.79 Å². The normalized spacial score (nSPS) is 11.5. The molecule has 0 bridgehead atoms. The van der Waals surface area contributed by atoms with E-state index in [2.05, 4.69) is 6.92 Å². The van der Waals surface area contributed by atoms with Gasteiger partial charge in [0.15, 0.2) is 0 Å². The highest BCUT2D eigenvalue weighted by molar-refractivity contribution is 5.94. The number of carbonyl (C=O) groups excluding carboxylic acids is 1. The first kappa shape index (κ1) is 23.6. The lowest BCUT2D eigenvalue weighted by atomic mass is 10.1. The molecule has 32 heavy (non-hydrogen) atoms. The van der Waals surface area contributed by atoms with E-state index in [0.717, 1.165) is 37.1 Å². The molecule has 1 heterocycles. The van der Waals surface area contributed by atoms with Crippen LogP contribution in [0.15, 0.2) is 66.9 Å². The van der Waals surface area contributed by atoms with Crippen molar-refractivity contribution in [3.05, 3.63) is 95.1 Å². The van der Waals surface area contributed by atoms with Crippen molar-refractivity contribution in [1.82, 2.24) is 9.47 Å². The van der Waals surface area contributed by atoms with Crippen LogP contribution in [-0.4, -0.2) is 21.9 Å². The summed E-state index contributed by atoms with van der Waals surface area (Å²) in [5.41, 5.74) is 0.596. The van der Waals surface area contributed by atoms with E-state index in [-0.39, 0.29) is 18.7 Å². The number of aromatic nitrogens is 1. The predicted octanol–water partition coefficient (Wildman–Crippen LogP) is 6.53. The van der Waals surface area contributed by atoms with E-state index >= 15 is 0 Å². The molecule has 3 aromatic rings. The van der Waals surface area contributed by atoms with Crippen LogP contribution in [0.4, 0.5) is 17.6 Å². The van der Waals surface area contributed by atoms with Crippen molar-refractivity contribution in [1.29, 1.82) is 0 Å². The molecular weight excluding hydrogens is 420 g/mol. The topological polar surface area (TPSA) is 25.2 Å². The van der Waals surface area contributed by atoms with Gasteiger partial charge in [-0.2, -0.15) is 13.2 Å². The van der Waals surface area contributed by atoms with Crippen molar-refractivity contribution in [3.8, 4) is 0 Å². The Balaban J connectivity index is 1.81. The number of amides is 1. The fourth-order valence-corrected chi connectivity index (χ4v) is 3.60. The van der Waals surface area contributed by atoms with Crippen molar-refractivity contribution >= 4 is 5.91 Å². The second-order valence-corrected chi connectivity index (χ2v) is 7.74. The van der Waals surface area contributed by atoms with E-state index in [9.17, 15) is 22.4 Å². The summed E-state index contributed by atoms with van der Waals surface area (Å²) in [6.45, 7) is 3.00. The quantitative estimate of drug-likeness (QED) is 0.271. The fourth-order valence-electron chi connectivity index (χ4n) is 3.60. The summed E-state index contributed by atoms with van der Waals surface area (Å²) in [4.78, 5) is 14.7. The van der Waals surface area contributed by atoms with Crippen LogP contribution < -0.4 is 0 Å². The molecule has 0 aliphatic carbocycles. The molecule has 1 aromatic heterocycles. The van der Waals surface area contributed by atoms with E-state index in [1.807, 2.05) is 10.6 Å². The Morgan fingerprint density at radius 2 is 1.78 bits per heavy atom. The molecule has 0 spiro atoms. The third kappa shape index (κ3) is 5.99. The molecule has 0 saturated heterocycles. The molecular formula is C25H26F4N2O. The average Bonchev–Trinajstić information content (AvgIpc) is 3.19. The summed E-state index contributed by atoms with van der Waals surface area (Å²) < 4.78 is 55.2. The summed E-state index contributed by atoms with van der Waals surface area (Å²) >= 11 is 0. The van der Waals surface area contributed by atoms with Crippen LogP contribution in [0, 0.1) is 5.82 Å². The second-order valence-electron chi connectivity index (χ2n) is 7.74. The molecule has 7 heteroatoms. The molecule has 3 nitrogen and oxygen atoms in total. The van der Waals surface area contributed by atoms with Gasteiger partial charge in [-0.1, -0.05) is 44.0 Å². The first-order valence-electron chi connectivity index (χ1n) is 10.6. The van der Waals surface area contributed by atoms with Crippen LogP contribution in [-0.2, 0) is 19.3 Å². The minimum Gasteiger partial charge on any atom is -0.345 e. The predicted molar refractivity (Wildman–Crippen MR) is 116 cm³/mol. The highest BCUT2D eigenvalue weighted by Crippen LogP contribution is 2.29. The average molecular weight is 446 g/mol. The SMILES string of the molecule is CCCCCN(Cc1cccn1Cc1cccc(C(F)(F)F)c1)C(=O)c1ccccc1F. The Morgan fingerprint density at radius 1 is 1.00 bits per heavy atom. The van der Waals surface area contributed by atoms with E-state index < -0.39 is 23.5 Å². The minimum atomic E-state index is -4.40. The molecule has 0 saturated carbocycles. The molecule has 0 radical (unpaired) electrons. The number of alkyl halides is 3. The third-order valence-corrected chi connectivity index (χ3v) is 5.31. The van der Waals surface area contributed by atoms with Gasteiger partial charge >= 0.3 is 6.18 Å². The Hall–Kier alpha value is -3.09. The number of carbonyl (C=O) groups is 1. The van der Waals surface area contributed by atoms with Crippen LogP contribution in [0.25, 0.3) is 0 Å². The number of nitrogens with zero attached hydrogens (tertiary/aromatic N) is 2. The summed E-state index contributed by atoms with van der Waals surface area (Å²) in [5, 5.41) is 0. The van der Waals surface area contributed by atoms with E-state index in [4.69, 9.17) is 0 Å². The van der Waals surface area contributed by atoms with Crippen molar-refractivity contribution in [3.63, 3.8) is 0 Å². The van der Waals surface area contributed by atoms with Crippen LogP contribution in [0.1, 0.15) is 53.4 Å². The lowest BCUT2D eigenvalue weighted by Crippen LogP contribution is -2.33. The minimum absolute atomic E-state index is 0.0139. The molecule has 1 amide bonds. The highest BCUT2D eigenvalue weighted by Gasteiger charge is 2.30. The number of halogens is 4. The smallest absolute Gasteiger partial charge is 0.345 e. The molecule has 0 fully saturated rings. The van der Waals surface area contributed by atoms with Crippen molar-refractivity contribution in [2.24, 2.45) is 0 Å². The van der Waals surface area contributed by atoms with E-state index in [1.165, 1.54) is 24.3 Å². The molecule has 0 atom stereocenters. The van der Waals surface area contributed by atoms with Crippen LogP contribution in [0.5, 0.6) is 0 Å². The van der Waals surface area contributed by atoms with Crippen molar-refractivity contribution in [2.45, 2.75) is 45.5 Å². The zero-order chi connectivity index (χ0) is 23.1. The summed E-state index contributed by atoms with van der Waals surface area (Å²) in [5.74, 6) is -0.969. The lowest BCUT2D eigenvalue weighted by Gasteiger charge is -2.24. The number of rotatable bonds is 9. The number of benzene rings is 2. The maximum absolute atomic E-state index is 14.2. The Kier molecular flexibility index (Phi) is 7.72. The van der Waals surface area contributed by atoms with E-state index in [0.29, 0.717) is 12.1 Å². The molecule has 0 aliphatic heterocycles. The standard InChI is InChI=1S/C25H26F4N2O/c1-2-3-6-14-31(24(32)22-12-4-5-13-23(22)26)18-21-11-8-15-30(21)17-19-9-7-10-20(16-19)25(27,28)29/h4-5,7-13,15-16H,2-3,6,14,17-18H2,1H3. The van der Waals surface area contributed by atoms with Gasteiger partial charge in [0.2, 0.25) is 0 Å². The molecule has 3 rings (SSSR count). The molecule has 0 unspecified atom stereocenters. The second kappa shape index (κ2) is 10.5. The van der Waals surface area contributed by atoms with Crippen LogP contribution in [0.2, 0.25) is 0 Å².